The first-order valence-corrected chi connectivity index (χ1v) is 6.97. The fourth-order valence-electron chi connectivity index (χ4n) is 1.84. The van der Waals surface area contributed by atoms with Crippen molar-refractivity contribution in [3.63, 3.8) is 0 Å². The number of aromatic nitrogens is 2. The van der Waals surface area contributed by atoms with Crippen LogP contribution in [0.5, 0.6) is 0 Å². The normalized spacial score (nSPS) is 10.3. The summed E-state index contributed by atoms with van der Waals surface area (Å²) in [6, 6.07) is 5.34. The van der Waals surface area contributed by atoms with Crippen LogP contribution in [0.2, 0.25) is 0 Å². The van der Waals surface area contributed by atoms with Crippen LogP contribution in [0.25, 0.3) is 0 Å². The lowest BCUT2D eigenvalue weighted by molar-refractivity contribution is -0.384. The average Bonchev–Trinajstić information content (AvgIpc) is 2.54. The molecule has 2 aromatic rings. The molecule has 0 fully saturated rings. The summed E-state index contributed by atoms with van der Waals surface area (Å²) in [4.78, 5) is 30.7. The Balaban J connectivity index is 2.18. The van der Waals surface area contributed by atoms with Crippen LogP contribution in [0.4, 0.5) is 11.5 Å². The van der Waals surface area contributed by atoms with Crippen LogP contribution in [0.3, 0.4) is 0 Å². The number of nitrogens with zero attached hydrogens (tertiary/aromatic N) is 3. The molecule has 0 saturated heterocycles. The van der Waals surface area contributed by atoms with E-state index in [0.29, 0.717) is 29.4 Å². The number of aryl methyl sites for hydroxylation is 1. The van der Waals surface area contributed by atoms with Gasteiger partial charge in [-0.25, -0.2) is 9.97 Å². The molecular weight excluding hydrogens is 300 g/mol. The Hall–Kier alpha value is -2.87. The molecule has 8 heteroatoms. The quantitative estimate of drug-likeness (QED) is 0.648. The molecule has 0 bridgehead atoms. The first-order valence-electron chi connectivity index (χ1n) is 6.97. The van der Waals surface area contributed by atoms with Gasteiger partial charge in [0.1, 0.15) is 11.6 Å². The lowest BCUT2D eigenvalue weighted by Crippen LogP contribution is -2.16. The molecule has 0 aliphatic rings. The highest BCUT2D eigenvalue weighted by Gasteiger charge is 2.13. The summed E-state index contributed by atoms with van der Waals surface area (Å²) in [5.41, 5.74) is 0.887. The smallest absolute Gasteiger partial charge is 0.269 e. The Bertz CT molecular complexity index is 716. The molecule has 0 spiro atoms. The van der Waals surface area contributed by atoms with Gasteiger partial charge in [0, 0.05) is 36.1 Å². The number of anilines is 1. The molecule has 1 N–H and O–H groups in total. The zero-order valence-corrected chi connectivity index (χ0v) is 12.8. The summed E-state index contributed by atoms with van der Waals surface area (Å²) in [5.74, 6) is 0.481. The van der Waals surface area contributed by atoms with Gasteiger partial charge in [-0.2, -0.15) is 0 Å². The van der Waals surface area contributed by atoms with Crippen molar-refractivity contribution in [3.8, 4) is 0 Å². The lowest BCUT2D eigenvalue weighted by atomic mass is 10.2. The van der Waals surface area contributed by atoms with Gasteiger partial charge in [-0.15, -0.1) is 0 Å². The van der Waals surface area contributed by atoms with Crippen molar-refractivity contribution in [2.24, 2.45) is 0 Å². The molecule has 120 valence electrons. The summed E-state index contributed by atoms with van der Waals surface area (Å²) in [5, 5.41) is 13.3. The van der Waals surface area contributed by atoms with E-state index in [9.17, 15) is 14.9 Å². The third-order valence-electron chi connectivity index (χ3n) is 3.02. The number of carbonyl (C=O) groups is 1. The monoisotopic (exact) mass is 316 g/mol. The number of nitro benzene ring substituents is 1. The van der Waals surface area contributed by atoms with Crippen LogP contribution >= 0.6 is 0 Å². The maximum absolute atomic E-state index is 12.3. The van der Waals surface area contributed by atoms with Crippen molar-refractivity contribution >= 4 is 17.4 Å². The summed E-state index contributed by atoms with van der Waals surface area (Å²) in [6.45, 7) is 4.40. The van der Waals surface area contributed by atoms with Crippen molar-refractivity contribution in [2.45, 2.75) is 20.5 Å². The number of hydrogen-bond donors (Lipinski definition) is 1. The molecule has 0 unspecified atom stereocenters. The predicted octanol–water partition coefficient (Wildman–Crippen LogP) is 2.48. The number of nitrogens with one attached hydrogen (secondary N) is 1. The minimum atomic E-state index is -0.518. The molecule has 0 atom stereocenters. The van der Waals surface area contributed by atoms with Crippen molar-refractivity contribution < 1.29 is 14.5 Å². The molecule has 1 aromatic heterocycles. The summed E-state index contributed by atoms with van der Waals surface area (Å²) in [7, 11) is 0. The van der Waals surface area contributed by atoms with E-state index in [1.807, 2.05) is 6.92 Å². The summed E-state index contributed by atoms with van der Waals surface area (Å²) in [6.07, 6.45) is 1.60. The van der Waals surface area contributed by atoms with Crippen LogP contribution in [0.1, 0.15) is 28.7 Å². The summed E-state index contributed by atoms with van der Waals surface area (Å²) < 4.78 is 5.32. The number of nitro groups is 1. The first kappa shape index (κ1) is 16.5. The fraction of sp³-hybridized carbons (Fsp3) is 0.267. The Morgan fingerprint density at radius 1 is 1.35 bits per heavy atom. The Morgan fingerprint density at radius 3 is 2.65 bits per heavy atom. The van der Waals surface area contributed by atoms with E-state index < -0.39 is 10.8 Å². The third kappa shape index (κ3) is 4.30. The van der Waals surface area contributed by atoms with E-state index in [4.69, 9.17) is 4.74 Å². The molecule has 1 aromatic carbocycles. The van der Waals surface area contributed by atoms with Gasteiger partial charge in [-0.3, -0.25) is 14.9 Å². The molecule has 1 heterocycles. The van der Waals surface area contributed by atoms with Crippen LogP contribution in [-0.4, -0.2) is 27.4 Å². The van der Waals surface area contributed by atoms with E-state index in [-0.39, 0.29) is 12.3 Å². The van der Waals surface area contributed by atoms with Gasteiger partial charge in [-0.05, 0) is 26.0 Å². The molecule has 0 aliphatic heterocycles. The van der Waals surface area contributed by atoms with Gasteiger partial charge in [-0.1, -0.05) is 0 Å². The second-order valence-corrected chi connectivity index (χ2v) is 4.69. The third-order valence-corrected chi connectivity index (χ3v) is 3.02. The van der Waals surface area contributed by atoms with Crippen LogP contribution in [-0.2, 0) is 11.3 Å². The minimum Gasteiger partial charge on any atom is -0.377 e. The van der Waals surface area contributed by atoms with E-state index >= 15 is 0 Å². The first-order chi connectivity index (χ1) is 11.0. The van der Waals surface area contributed by atoms with E-state index in [1.54, 1.807) is 13.1 Å². The topological polar surface area (TPSA) is 107 Å². The molecule has 23 heavy (non-hydrogen) atoms. The molecule has 0 radical (unpaired) electrons. The molecule has 1 amide bonds. The van der Waals surface area contributed by atoms with Crippen LogP contribution in [0, 0.1) is 17.0 Å². The molecule has 8 nitrogen and oxygen atoms in total. The van der Waals surface area contributed by atoms with Gasteiger partial charge in [0.05, 0.1) is 11.5 Å². The molecule has 0 saturated carbocycles. The number of carbonyl (C=O) groups excluding carboxylic acids is 1. The van der Waals surface area contributed by atoms with Crippen molar-refractivity contribution in [1.29, 1.82) is 0 Å². The molecule has 2 rings (SSSR count). The fourth-order valence-corrected chi connectivity index (χ4v) is 1.84. The number of amides is 1. The Labute approximate surface area is 132 Å². The number of rotatable bonds is 6. The largest absolute Gasteiger partial charge is 0.377 e. The zero-order valence-electron chi connectivity index (χ0n) is 12.8. The highest BCUT2D eigenvalue weighted by atomic mass is 16.6. The van der Waals surface area contributed by atoms with E-state index in [2.05, 4.69) is 15.3 Å². The second kappa shape index (κ2) is 7.41. The number of non-ortho nitro benzene ring substituents is 1. The average molecular weight is 316 g/mol. The zero-order chi connectivity index (χ0) is 16.8. The second-order valence-electron chi connectivity index (χ2n) is 4.69. The number of benzene rings is 1. The van der Waals surface area contributed by atoms with Gasteiger partial charge in [0.15, 0.2) is 0 Å². The van der Waals surface area contributed by atoms with Gasteiger partial charge in [0.25, 0.3) is 11.6 Å². The van der Waals surface area contributed by atoms with Crippen LogP contribution in [0.15, 0.2) is 30.5 Å². The molecular formula is C15H16N4O4. The predicted molar refractivity (Wildman–Crippen MR) is 83.1 cm³/mol. The van der Waals surface area contributed by atoms with Gasteiger partial charge >= 0.3 is 0 Å². The van der Waals surface area contributed by atoms with Gasteiger partial charge in [0.2, 0.25) is 0 Å². The van der Waals surface area contributed by atoms with E-state index in [1.165, 1.54) is 24.3 Å². The highest BCUT2D eigenvalue weighted by molar-refractivity contribution is 6.04. The van der Waals surface area contributed by atoms with Gasteiger partial charge < -0.3 is 10.1 Å². The lowest BCUT2D eigenvalue weighted by Gasteiger charge is -2.10. The van der Waals surface area contributed by atoms with Crippen LogP contribution < -0.4 is 5.32 Å². The number of hydrogen-bond acceptors (Lipinski definition) is 6. The summed E-state index contributed by atoms with van der Waals surface area (Å²) >= 11 is 0. The maximum Gasteiger partial charge on any atom is 0.269 e. The van der Waals surface area contributed by atoms with E-state index in [0.717, 1.165) is 0 Å². The Kier molecular flexibility index (Phi) is 5.32. The Morgan fingerprint density at radius 2 is 2.04 bits per heavy atom. The van der Waals surface area contributed by atoms with Crippen molar-refractivity contribution in [3.05, 3.63) is 57.5 Å². The maximum atomic E-state index is 12.3. The standard InChI is InChI=1S/C15H16N4O4/c1-3-23-9-12-8-16-10(2)17-14(12)18-15(20)11-4-6-13(7-5-11)19(21)22/h4-8H,3,9H2,1-2H3,(H,16,17,18,20). The highest BCUT2D eigenvalue weighted by Crippen LogP contribution is 2.16. The SMILES string of the molecule is CCOCc1cnc(C)nc1NC(=O)c1ccc([N+](=O)[O-])cc1. The minimum absolute atomic E-state index is 0.0727. The number of ether oxygens (including phenoxy) is 1. The van der Waals surface area contributed by atoms with Crippen molar-refractivity contribution in [2.75, 3.05) is 11.9 Å². The molecule has 0 aliphatic carbocycles. The van der Waals surface area contributed by atoms with Crippen molar-refractivity contribution in [1.82, 2.24) is 9.97 Å².